The van der Waals surface area contributed by atoms with Crippen LogP contribution in [0.25, 0.3) is 0 Å². The van der Waals surface area contributed by atoms with Gasteiger partial charge in [0.05, 0.1) is 7.11 Å². The molecule has 100 valence electrons. The van der Waals surface area contributed by atoms with Crippen LogP contribution in [-0.4, -0.2) is 13.1 Å². The molecule has 0 spiro atoms. The number of urea groups is 1. The van der Waals surface area contributed by atoms with E-state index in [-0.39, 0.29) is 18.4 Å². The van der Waals surface area contributed by atoms with Crippen molar-refractivity contribution in [2.75, 3.05) is 17.9 Å². The Bertz CT molecular complexity index is 534. The first-order valence-corrected chi connectivity index (χ1v) is 5.46. The van der Waals surface area contributed by atoms with Gasteiger partial charge < -0.3 is 22.5 Å². The monoisotopic (exact) mass is 279 g/mol. The maximum atomic E-state index is 11.7. The van der Waals surface area contributed by atoms with Gasteiger partial charge in [-0.2, -0.15) is 0 Å². The minimum atomic E-state index is -0.320. The van der Waals surface area contributed by atoms with E-state index in [1.165, 1.54) is 0 Å². The van der Waals surface area contributed by atoms with Gasteiger partial charge in [0, 0.05) is 23.9 Å². The molecule has 0 saturated heterocycles. The second-order valence-electron chi connectivity index (χ2n) is 3.58. The zero-order chi connectivity index (χ0) is 12.8. The van der Waals surface area contributed by atoms with E-state index in [2.05, 4.69) is 10.7 Å². The highest BCUT2D eigenvalue weighted by Crippen LogP contribution is 2.16. The quantitative estimate of drug-likeness (QED) is 0.691. The fraction of sp³-hybridized carbons (Fsp3) is 0.0769. The highest BCUT2D eigenvalue weighted by molar-refractivity contribution is 5.93. The first-order chi connectivity index (χ1) is 8.78. The van der Waals surface area contributed by atoms with Gasteiger partial charge in [-0.25, -0.2) is 4.79 Å². The molecule has 2 aromatic rings. The summed E-state index contributed by atoms with van der Waals surface area (Å²) in [4.78, 5) is 11.7. The van der Waals surface area contributed by atoms with Crippen LogP contribution in [0.5, 0.6) is 5.75 Å². The number of benzene rings is 1. The molecule has 1 aromatic carbocycles. The van der Waals surface area contributed by atoms with Crippen LogP contribution in [0.2, 0.25) is 0 Å². The van der Waals surface area contributed by atoms with Gasteiger partial charge in [0.25, 0.3) is 0 Å². The summed E-state index contributed by atoms with van der Waals surface area (Å²) in [5.41, 5.74) is 3.32. The van der Waals surface area contributed by atoms with Gasteiger partial charge in [-0.1, -0.05) is 16.8 Å². The summed E-state index contributed by atoms with van der Waals surface area (Å²) in [5.74, 6) is 0.695. The standard InChI is InChI=1S/C13H13N3O2.ClH/c1-18-12-7-5-6-11(10-12)14-13(17)15-16-8-3-2-4-9-16;/h2-10H,1H3,(H-,14,15,17);1H. The first kappa shape index (κ1) is 14.8. The van der Waals surface area contributed by atoms with Crippen LogP contribution in [-0.2, 0) is 0 Å². The van der Waals surface area contributed by atoms with Crippen LogP contribution >= 0.6 is 0 Å². The molecule has 0 radical (unpaired) electrons. The maximum Gasteiger partial charge on any atom is 0.372 e. The predicted molar refractivity (Wildman–Crippen MR) is 68.0 cm³/mol. The zero-order valence-electron chi connectivity index (χ0n) is 10.3. The van der Waals surface area contributed by atoms with E-state index in [4.69, 9.17) is 4.74 Å². The number of nitrogens with zero attached hydrogens (tertiary/aromatic N) is 1. The predicted octanol–water partition coefficient (Wildman–Crippen LogP) is -1.24. The minimum Gasteiger partial charge on any atom is -1.00 e. The van der Waals surface area contributed by atoms with Crippen molar-refractivity contribution in [2.24, 2.45) is 0 Å². The van der Waals surface area contributed by atoms with E-state index in [1.54, 1.807) is 36.3 Å². The van der Waals surface area contributed by atoms with Crippen molar-refractivity contribution in [2.45, 2.75) is 0 Å². The van der Waals surface area contributed by atoms with E-state index >= 15 is 0 Å². The van der Waals surface area contributed by atoms with Crippen molar-refractivity contribution in [1.82, 2.24) is 0 Å². The molecule has 5 nitrogen and oxygen atoms in total. The third-order valence-corrected chi connectivity index (χ3v) is 2.27. The second kappa shape index (κ2) is 7.23. The highest BCUT2D eigenvalue weighted by Gasteiger charge is 2.06. The molecule has 19 heavy (non-hydrogen) atoms. The Kier molecular flexibility index (Phi) is 5.63. The number of nitrogens with one attached hydrogen (secondary N) is 2. The Morgan fingerprint density at radius 2 is 1.89 bits per heavy atom. The van der Waals surface area contributed by atoms with Gasteiger partial charge >= 0.3 is 6.03 Å². The summed E-state index contributed by atoms with van der Waals surface area (Å²) in [6.45, 7) is 0. The van der Waals surface area contributed by atoms with Crippen LogP contribution in [0, 0.1) is 0 Å². The first-order valence-electron chi connectivity index (χ1n) is 5.46. The Balaban J connectivity index is 0.00000180. The van der Waals surface area contributed by atoms with Crippen LogP contribution in [0.3, 0.4) is 0 Å². The molecular formula is C13H14ClN3O2. The number of pyridine rings is 1. The molecule has 0 bridgehead atoms. The molecule has 2 amide bonds. The molecule has 1 aromatic heterocycles. The Morgan fingerprint density at radius 3 is 2.58 bits per heavy atom. The lowest BCUT2D eigenvalue weighted by molar-refractivity contribution is -0.641. The van der Waals surface area contributed by atoms with Crippen LogP contribution in [0.1, 0.15) is 0 Å². The third-order valence-electron chi connectivity index (χ3n) is 2.27. The topological polar surface area (TPSA) is 54.2 Å². The second-order valence-corrected chi connectivity index (χ2v) is 3.58. The zero-order valence-corrected chi connectivity index (χ0v) is 11.1. The summed E-state index contributed by atoms with van der Waals surface area (Å²) < 4.78 is 6.64. The van der Waals surface area contributed by atoms with Crippen molar-refractivity contribution < 1.29 is 26.6 Å². The van der Waals surface area contributed by atoms with Crippen molar-refractivity contribution in [3.8, 4) is 5.75 Å². The number of hydrogen-bond donors (Lipinski definition) is 2. The SMILES string of the molecule is COc1cccc(NC(=O)N[n+]2ccccc2)c1.[Cl-]. The number of anilines is 1. The van der Waals surface area contributed by atoms with Crippen LogP contribution in [0.15, 0.2) is 54.9 Å². The molecule has 2 N–H and O–H groups in total. The van der Waals surface area contributed by atoms with Crippen molar-refractivity contribution >= 4 is 11.7 Å². The Labute approximate surface area is 117 Å². The number of amides is 2. The van der Waals surface area contributed by atoms with Gasteiger partial charge in [-0.15, -0.1) is 5.43 Å². The van der Waals surface area contributed by atoms with E-state index in [0.29, 0.717) is 11.4 Å². The molecule has 6 heteroatoms. The minimum absolute atomic E-state index is 0. The fourth-order valence-corrected chi connectivity index (χ4v) is 1.45. The van der Waals surface area contributed by atoms with E-state index in [9.17, 15) is 4.79 Å². The van der Waals surface area contributed by atoms with Gasteiger partial charge in [-0.05, 0) is 12.1 Å². The molecule has 0 aliphatic carbocycles. The van der Waals surface area contributed by atoms with Crippen LogP contribution in [0.4, 0.5) is 10.5 Å². The average Bonchev–Trinajstić information content (AvgIpc) is 2.40. The van der Waals surface area contributed by atoms with Crippen molar-refractivity contribution in [1.29, 1.82) is 0 Å². The molecule has 0 unspecified atom stereocenters. The summed E-state index contributed by atoms with van der Waals surface area (Å²) >= 11 is 0. The average molecular weight is 280 g/mol. The van der Waals surface area contributed by atoms with Gasteiger partial charge in [-0.3, -0.25) is 0 Å². The maximum absolute atomic E-state index is 11.7. The number of aromatic nitrogens is 1. The normalized spacial score (nSPS) is 9.11. The Hall–Kier alpha value is -2.27. The lowest BCUT2D eigenvalue weighted by Gasteiger charge is -2.05. The number of ether oxygens (including phenoxy) is 1. The van der Waals surface area contributed by atoms with E-state index < -0.39 is 0 Å². The smallest absolute Gasteiger partial charge is 0.372 e. The summed E-state index contributed by atoms with van der Waals surface area (Å²) in [6.07, 6.45) is 3.48. The van der Waals surface area contributed by atoms with Crippen molar-refractivity contribution in [3.63, 3.8) is 0 Å². The van der Waals surface area contributed by atoms with Gasteiger partial charge in [0.15, 0.2) is 12.4 Å². The number of rotatable bonds is 3. The molecule has 2 rings (SSSR count). The van der Waals surface area contributed by atoms with E-state index in [0.717, 1.165) is 0 Å². The molecule has 0 aliphatic heterocycles. The van der Waals surface area contributed by atoms with Crippen molar-refractivity contribution in [3.05, 3.63) is 54.9 Å². The highest BCUT2D eigenvalue weighted by atomic mass is 35.5. The molecule has 0 aliphatic rings. The van der Waals surface area contributed by atoms with Crippen LogP contribution < -0.4 is 32.6 Å². The summed E-state index contributed by atoms with van der Waals surface area (Å²) in [6, 6.07) is 12.4. The molecule has 0 atom stereocenters. The Morgan fingerprint density at radius 1 is 1.16 bits per heavy atom. The number of methoxy groups -OCH3 is 1. The number of hydrogen-bond acceptors (Lipinski definition) is 2. The molecule has 1 heterocycles. The number of carbonyl (C=O) groups excluding carboxylic acids is 1. The summed E-state index contributed by atoms with van der Waals surface area (Å²) in [7, 11) is 1.58. The number of carbonyl (C=O) groups is 1. The van der Waals surface area contributed by atoms with Gasteiger partial charge in [0.1, 0.15) is 5.75 Å². The molecular weight excluding hydrogens is 266 g/mol. The lowest BCUT2D eigenvalue weighted by Crippen LogP contribution is -3.00. The number of halogens is 1. The molecule has 0 saturated carbocycles. The van der Waals surface area contributed by atoms with Gasteiger partial charge in [0.2, 0.25) is 0 Å². The summed E-state index contributed by atoms with van der Waals surface area (Å²) in [5, 5.41) is 2.71. The largest absolute Gasteiger partial charge is 1.00 e. The molecule has 0 fully saturated rings. The fourth-order valence-electron chi connectivity index (χ4n) is 1.45. The van der Waals surface area contributed by atoms with E-state index in [1.807, 2.05) is 30.3 Å². The lowest BCUT2D eigenvalue weighted by atomic mass is 10.3. The third kappa shape index (κ3) is 4.48.